The van der Waals surface area contributed by atoms with Gasteiger partial charge in [0.2, 0.25) is 0 Å². The number of nitrogens with one attached hydrogen (secondary N) is 1. The first-order valence-electron chi connectivity index (χ1n) is 6.27. The van der Waals surface area contributed by atoms with E-state index in [0.29, 0.717) is 6.54 Å². The van der Waals surface area contributed by atoms with Gasteiger partial charge in [0.05, 0.1) is 5.69 Å². The number of rotatable bonds is 4. The Morgan fingerprint density at radius 1 is 1.40 bits per heavy atom. The summed E-state index contributed by atoms with van der Waals surface area (Å²) >= 11 is 1.65. The smallest absolute Gasteiger partial charge is 0.251 e. The molecular formula is C15H17FN2OS. The van der Waals surface area contributed by atoms with Crippen LogP contribution in [0.5, 0.6) is 0 Å². The lowest BCUT2D eigenvalue weighted by Gasteiger charge is -2.23. The maximum atomic E-state index is 13.3. The van der Waals surface area contributed by atoms with Gasteiger partial charge in [-0.1, -0.05) is 19.9 Å². The predicted molar refractivity (Wildman–Crippen MR) is 80.5 cm³/mol. The van der Waals surface area contributed by atoms with Gasteiger partial charge in [-0.2, -0.15) is 0 Å². The summed E-state index contributed by atoms with van der Waals surface area (Å²) in [6.45, 7) is 4.60. The molecule has 5 heteroatoms. The van der Waals surface area contributed by atoms with Crippen molar-refractivity contribution in [2.45, 2.75) is 19.3 Å². The molecule has 0 spiro atoms. The van der Waals surface area contributed by atoms with Crippen LogP contribution in [0.15, 0.2) is 35.7 Å². The summed E-state index contributed by atoms with van der Waals surface area (Å²) in [4.78, 5) is 13.2. The van der Waals surface area contributed by atoms with Crippen LogP contribution in [-0.4, -0.2) is 12.5 Å². The molecule has 0 fully saturated rings. The first-order chi connectivity index (χ1) is 9.40. The predicted octanol–water partition coefficient (Wildman–Crippen LogP) is 3.18. The van der Waals surface area contributed by atoms with Gasteiger partial charge in [-0.05, 0) is 29.6 Å². The summed E-state index contributed by atoms with van der Waals surface area (Å²) in [6.07, 6.45) is 0. The van der Waals surface area contributed by atoms with E-state index in [2.05, 4.69) is 19.2 Å². The van der Waals surface area contributed by atoms with E-state index < -0.39 is 5.82 Å². The minimum absolute atomic E-state index is 0.0421. The molecule has 3 N–H and O–H groups in total. The average molecular weight is 292 g/mol. The Balaban J connectivity index is 2.03. The quantitative estimate of drug-likeness (QED) is 0.850. The fraction of sp³-hybridized carbons (Fsp3) is 0.267. The van der Waals surface area contributed by atoms with Crippen molar-refractivity contribution in [1.29, 1.82) is 0 Å². The van der Waals surface area contributed by atoms with E-state index in [-0.39, 0.29) is 22.6 Å². The first kappa shape index (κ1) is 14.5. The lowest BCUT2D eigenvalue weighted by Crippen LogP contribution is -2.36. The Hall–Kier alpha value is -1.88. The third kappa shape index (κ3) is 3.17. The number of benzene rings is 1. The summed E-state index contributed by atoms with van der Waals surface area (Å²) in [5.41, 5.74) is 5.55. The fourth-order valence-corrected chi connectivity index (χ4v) is 2.67. The highest BCUT2D eigenvalue weighted by molar-refractivity contribution is 7.10. The number of anilines is 1. The van der Waals surface area contributed by atoms with Crippen LogP contribution in [-0.2, 0) is 5.41 Å². The van der Waals surface area contributed by atoms with Gasteiger partial charge in [0.15, 0.2) is 0 Å². The van der Waals surface area contributed by atoms with E-state index in [4.69, 9.17) is 5.73 Å². The molecule has 0 saturated heterocycles. The summed E-state index contributed by atoms with van der Waals surface area (Å²) in [5.74, 6) is -0.872. The highest BCUT2D eigenvalue weighted by atomic mass is 32.1. The second-order valence-corrected chi connectivity index (χ2v) is 6.23. The van der Waals surface area contributed by atoms with E-state index in [9.17, 15) is 9.18 Å². The molecule has 106 valence electrons. The summed E-state index contributed by atoms with van der Waals surface area (Å²) < 4.78 is 13.3. The monoisotopic (exact) mass is 292 g/mol. The van der Waals surface area contributed by atoms with Crippen LogP contribution in [0.2, 0.25) is 0 Å². The van der Waals surface area contributed by atoms with Gasteiger partial charge in [-0.3, -0.25) is 4.79 Å². The standard InChI is InChI=1S/C15H17FN2OS/c1-15(2,13-4-3-7-20-13)9-18-14(19)10-5-6-12(17)11(16)8-10/h3-8H,9,17H2,1-2H3,(H,18,19). The van der Waals surface area contributed by atoms with Crippen LogP contribution in [0.4, 0.5) is 10.1 Å². The first-order valence-corrected chi connectivity index (χ1v) is 7.15. The maximum absolute atomic E-state index is 13.3. The van der Waals surface area contributed by atoms with Gasteiger partial charge in [-0.15, -0.1) is 11.3 Å². The van der Waals surface area contributed by atoms with Crippen molar-refractivity contribution >= 4 is 22.9 Å². The molecule has 0 bridgehead atoms. The van der Waals surface area contributed by atoms with E-state index >= 15 is 0 Å². The number of hydrogen-bond donors (Lipinski definition) is 2. The van der Waals surface area contributed by atoms with E-state index in [0.717, 1.165) is 6.07 Å². The van der Waals surface area contributed by atoms with Gasteiger partial charge in [0.1, 0.15) is 5.82 Å². The molecule has 0 aliphatic rings. The zero-order chi connectivity index (χ0) is 14.8. The number of nitrogen functional groups attached to an aromatic ring is 1. The number of carbonyl (C=O) groups excluding carboxylic acids is 1. The van der Waals surface area contributed by atoms with Crippen molar-refractivity contribution in [2.24, 2.45) is 0 Å². The Morgan fingerprint density at radius 3 is 2.75 bits per heavy atom. The highest BCUT2D eigenvalue weighted by Gasteiger charge is 2.22. The van der Waals surface area contributed by atoms with Crippen molar-refractivity contribution < 1.29 is 9.18 Å². The molecule has 0 saturated carbocycles. The minimum atomic E-state index is -0.574. The molecule has 2 aromatic rings. The molecule has 0 unspecified atom stereocenters. The normalized spacial score (nSPS) is 11.3. The van der Waals surface area contributed by atoms with E-state index in [1.807, 2.05) is 17.5 Å². The molecule has 0 atom stereocenters. The summed E-state index contributed by atoms with van der Waals surface area (Å²) in [5, 5.41) is 4.84. The van der Waals surface area contributed by atoms with Crippen LogP contribution < -0.4 is 11.1 Å². The molecule has 1 heterocycles. The maximum Gasteiger partial charge on any atom is 0.251 e. The van der Waals surface area contributed by atoms with Gasteiger partial charge < -0.3 is 11.1 Å². The average Bonchev–Trinajstić information content (AvgIpc) is 2.94. The van der Waals surface area contributed by atoms with Gasteiger partial charge in [0, 0.05) is 22.4 Å². The SMILES string of the molecule is CC(C)(CNC(=O)c1ccc(N)c(F)c1)c1cccs1. The second kappa shape index (κ2) is 5.63. The molecule has 1 amide bonds. The molecule has 0 aliphatic carbocycles. The molecule has 1 aromatic heterocycles. The molecule has 3 nitrogen and oxygen atoms in total. The number of hydrogen-bond acceptors (Lipinski definition) is 3. The lowest BCUT2D eigenvalue weighted by molar-refractivity contribution is 0.0945. The minimum Gasteiger partial charge on any atom is -0.396 e. The number of carbonyl (C=O) groups is 1. The molecule has 0 aliphatic heterocycles. The van der Waals surface area contributed by atoms with Crippen LogP contribution >= 0.6 is 11.3 Å². The van der Waals surface area contributed by atoms with Gasteiger partial charge in [0.25, 0.3) is 5.91 Å². The molecular weight excluding hydrogens is 275 g/mol. The Bertz CT molecular complexity index is 608. The number of nitrogens with two attached hydrogens (primary N) is 1. The third-order valence-electron chi connectivity index (χ3n) is 3.14. The van der Waals surface area contributed by atoms with Crippen molar-refractivity contribution in [3.63, 3.8) is 0 Å². The van der Waals surface area contributed by atoms with Crippen LogP contribution in [0, 0.1) is 5.82 Å². The van der Waals surface area contributed by atoms with E-state index in [1.165, 1.54) is 17.0 Å². The fourth-order valence-electron chi connectivity index (χ4n) is 1.82. The van der Waals surface area contributed by atoms with Crippen molar-refractivity contribution in [3.8, 4) is 0 Å². The number of thiophene rings is 1. The topological polar surface area (TPSA) is 55.1 Å². The Kier molecular flexibility index (Phi) is 4.09. The molecule has 20 heavy (non-hydrogen) atoms. The lowest BCUT2D eigenvalue weighted by atomic mass is 9.91. The molecule has 1 aromatic carbocycles. The molecule has 0 radical (unpaired) electrons. The van der Waals surface area contributed by atoms with E-state index in [1.54, 1.807) is 11.3 Å². The zero-order valence-corrected chi connectivity index (χ0v) is 12.3. The van der Waals surface area contributed by atoms with Crippen LogP contribution in [0.3, 0.4) is 0 Å². The molecule has 2 rings (SSSR count). The van der Waals surface area contributed by atoms with Crippen molar-refractivity contribution in [1.82, 2.24) is 5.32 Å². The zero-order valence-electron chi connectivity index (χ0n) is 11.4. The second-order valence-electron chi connectivity index (χ2n) is 5.28. The van der Waals surface area contributed by atoms with Gasteiger partial charge in [-0.25, -0.2) is 4.39 Å². The number of halogens is 1. The van der Waals surface area contributed by atoms with Crippen LogP contribution in [0.1, 0.15) is 29.1 Å². The summed E-state index contributed by atoms with van der Waals surface area (Å²) in [7, 11) is 0. The third-order valence-corrected chi connectivity index (χ3v) is 4.38. The Morgan fingerprint density at radius 2 is 2.15 bits per heavy atom. The largest absolute Gasteiger partial charge is 0.396 e. The van der Waals surface area contributed by atoms with Crippen LogP contribution in [0.25, 0.3) is 0 Å². The number of amides is 1. The summed E-state index contributed by atoms with van der Waals surface area (Å²) in [6, 6.07) is 8.10. The Labute approximate surface area is 121 Å². The van der Waals surface area contributed by atoms with Crippen molar-refractivity contribution in [3.05, 3.63) is 52.0 Å². The van der Waals surface area contributed by atoms with Gasteiger partial charge >= 0.3 is 0 Å². The van der Waals surface area contributed by atoms with Crippen molar-refractivity contribution in [2.75, 3.05) is 12.3 Å². The highest BCUT2D eigenvalue weighted by Crippen LogP contribution is 2.26.